The number of nitrogens with one attached hydrogen (secondary N) is 2. The third kappa shape index (κ3) is 7.91. The van der Waals surface area contributed by atoms with Gasteiger partial charge in [0.1, 0.15) is 12.1 Å². The summed E-state index contributed by atoms with van der Waals surface area (Å²) in [6.07, 6.45) is 3.13. The highest BCUT2D eigenvalue weighted by atomic mass is 16.5. The average molecular weight is 431 g/mol. The van der Waals surface area contributed by atoms with Gasteiger partial charge in [-0.25, -0.2) is 0 Å². The average Bonchev–Trinajstić information content (AvgIpc) is 2.64. The Kier molecular flexibility index (Phi) is 8.38. The van der Waals surface area contributed by atoms with Crippen molar-refractivity contribution in [1.29, 1.82) is 0 Å². The van der Waals surface area contributed by atoms with Crippen molar-refractivity contribution in [2.24, 2.45) is 11.8 Å². The lowest BCUT2D eigenvalue weighted by molar-refractivity contribution is -0.159. The number of carbonyl (C=O) groups excluding carboxylic acids is 1. The fourth-order valence-electron chi connectivity index (χ4n) is 4.72. The van der Waals surface area contributed by atoms with E-state index in [0.717, 1.165) is 12.8 Å². The first kappa shape index (κ1) is 25.9. The van der Waals surface area contributed by atoms with Crippen molar-refractivity contribution in [2.45, 2.75) is 110 Å². The number of rotatable bonds is 7. The Bertz CT molecular complexity index is 700. The maximum atomic E-state index is 13.4. The van der Waals surface area contributed by atoms with Crippen molar-refractivity contribution >= 4 is 5.97 Å². The summed E-state index contributed by atoms with van der Waals surface area (Å²) in [5.41, 5.74) is 1.03. The van der Waals surface area contributed by atoms with Gasteiger partial charge in [0.05, 0.1) is 0 Å². The smallest absolute Gasteiger partial charge is 0.324 e. The van der Waals surface area contributed by atoms with E-state index in [0.29, 0.717) is 18.4 Å². The Morgan fingerprint density at radius 2 is 1.61 bits per heavy atom. The SMILES string of the molecule is C[C@@H]1CC[C@@H](C(C)(C)c2ccccc2)[C@H](OC(=O)[C@@H](CNC(C)(C)C)NC(C)(C)C)C1. The molecule has 1 aromatic carbocycles. The van der Waals surface area contributed by atoms with Gasteiger partial charge in [-0.1, -0.05) is 57.5 Å². The highest BCUT2D eigenvalue weighted by molar-refractivity contribution is 5.76. The Morgan fingerprint density at radius 1 is 1.00 bits per heavy atom. The number of hydrogen-bond acceptors (Lipinski definition) is 4. The molecule has 1 aliphatic carbocycles. The van der Waals surface area contributed by atoms with Gasteiger partial charge < -0.3 is 10.1 Å². The van der Waals surface area contributed by atoms with Gasteiger partial charge in [-0.3, -0.25) is 10.1 Å². The lowest BCUT2D eigenvalue weighted by Crippen LogP contribution is -2.56. The van der Waals surface area contributed by atoms with Crippen molar-refractivity contribution in [3.8, 4) is 0 Å². The molecule has 0 bridgehead atoms. The normalized spacial score (nSPS) is 24.0. The third-order valence-corrected chi connectivity index (χ3v) is 6.49. The second-order valence-corrected chi connectivity index (χ2v) is 12.2. The quantitative estimate of drug-likeness (QED) is 0.564. The standard InChI is InChI=1S/C27H46N2O2/c1-19-15-16-21(27(8,9)20-13-11-10-12-14-20)23(17-19)31-24(30)22(29-26(5,6)7)18-28-25(2,3)4/h10-14,19,21-23,28-29H,15-18H2,1-9H3/t19-,21-,22-,23-/m1/s1. The van der Waals surface area contributed by atoms with Crippen LogP contribution in [0.4, 0.5) is 0 Å². The van der Waals surface area contributed by atoms with Crippen molar-refractivity contribution in [2.75, 3.05) is 6.54 Å². The largest absolute Gasteiger partial charge is 0.461 e. The minimum Gasteiger partial charge on any atom is -0.461 e. The van der Waals surface area contributed by atoms with E-state index >= 15 is 0 Å². The van der Waals surface area contributed by atoms with Crippen molar-refractivity contribution in [1.82, 2.24) is 10.6 Å². The van der Waals surface area contributed by atoms with E-state index in [1.807, 2.05) is 0 Å². The predicted molar refractivity (Wildman–Crippen MR) is 130 cm³/mol. The number of benzene rings is 1. The first-order chi connectivity index (χ1) is 14.2. The van der Waals surface area contributed by atoms with Gasteiger partial charge in [0.15, 0.2) is 0 Å². The molecular formula is C27H46N2O2. The second-order valence-electron chi connectivity index (χ2n) is 12.2. The molecular weight excluding hydrogens is 384 g/mol. The highest BCUT2D eigenvalue weighted by Gasteiger charge is 2.42. The summed E-state index contributed by atoms with van der Waals surface area (Å²) in [7, 11) is 0. The zero-order valence-electron chi connectivity index (χ0n) is 21.3. The fourth-order valence-corrected chi connectivity index (χ4v) is 4.72. The molecule has 0 saturated heterocycles. The summed E-state index contributed by atoms with van der Waals surface area (Å²) in [4.78, 5) is 13.4. The maximum Gasteiger partial charge on any atom is 0.324 e. The van der Waals surface area contributed by atoms with Crippen LogP contribution in [0.2, 0.25) is 0 Å². The van der Waals surface area contributed by atoms with Crippen LogP contribution in [0.25, 0.3) is 0 Å². The fraction of sp³-hybridized carbons (Fsp3) is 0.741. The molecule has 1 fully saturated rings. The van der Waals surface area contributed by atoms with Gasteiger partial charge in [-0.05, 0) is 71.3 Å². The molecule has 0 spiro atoms. The Labute approximate surface area is 190 Å². The van der Waals surface area contributed by atoms with Crippen LogP contribution in [0.3, 0.4) is 0 Å². The van der Waals surface area contributed by atoms with Crippen LogP contribution in [-0.2, 0) is 14.9 Å². The topological polar surface area (TPSA) is 50.4 Å². The molecule has 1 aliphatic rings. The summed E-state index contributed by atoms with van der Waals surface area (Å²) in [6.45, 7) is 20.1. The predicted octanol–water partition coefficient (Wildman–Crippen LogP) is 5.46. The number of esters is 1. The first-order valence-electron chi connectivity index (χ1n) is 12.0. The van der Waals surface area contributed by atoms with Crippen LogP contribution in [0.1, 0.15) is 87.1 Å². The molecule has 4 heteroatoms. The van der Waals surface area contributed by atoms with E-state index in [4.69, 9.17) is 4.74 Å². The lowest BCUT2D eigenvalue weighted by atomic mass is 9.64. The van der Waals surface area contributed by atoms with Crippen LogP contribution < -0.4 is 10.6 Å². The van der Waals surface area contributed by atoms with Gasteiger partial charge in [-0.2, -0.15) is 0 Å². The van der Waals surface area contributed by atoms with Crippen molar-refractivity contribution in [3.05, 3.63) is 35.9 Å². The summed E-state index contributed by atoms with van der Waals surface area (Å²) in [6, 6.07) is 10.3. The van der Waals surface area contributed by atoms with Crippen molar-refractivity contribution in [3.63, 3.8) is 0 Å². The molecule has 0 heterocycles. The minimum atomic E-state index is -0.378. The number of hydrogen-bond donors (Lipinski definition) is 2. The van der Waals surface area contributed by atoms with Gasteiger partial charge in [0.25, 0.3) is 0 Å². The maximum absolute atomic E-state index is 13.4. The number of carbonyl (C=O) groups is 1. The van der Waals surface area contributed by atoms with E-state index in [9.17, 15) is 4.79 Å². The molecule has 0 radical (unpaired) electrons. The van der Waals surface area contributed by atoms with E-state index in [1.165, 1.54) is 12.0 Å². The zero-order chi connectivity index (χ0) is 23.4. The van der Waals surface area contributed by atoms with Gasteiger partial charge in [-0.15, -0.1) is 0 Å². The van der Waals surface area contributed by atoms with Gasteiger partial charge in [0, 0.05) is 23.5 Å². The summed E-state index contributed by atoms with van der Waals surface area (Å²) < 4.78 is 6.31. The molecule has 0 amide bonds. The van der Waals surface area contributed by atoms with E-state index < -0.39 is 0 Å². The van der Waals surface area contributed by atoms with Crippen LogP contribution in [0.5, 0.6) is 0 Å². The Morgan fingerprint density at radius 3 is 2.16 bits per heavy atom. The summed E-state index contributed by atoms with van der Waals surface area (Å²) in [5, 5.41) is 6.95. The monoisotopic (exact) mass is 430 g/mol. The molecule has 0 aromatic heterocycles. The summed E-state index contributed by atoms with van der Waals surface area (Å²) >= 11 is 0. The van der Waals surface area contributed by atoms with Crippen LogP contribution in [-0.4, -0.2) is 35.7 Å². The van der Waals surface area contributed by atoms with E-state index in [-0.39, 0.29) is 34.6 Å². The third-order valence-electron chi connectivity index (χ3n) is 6.49. The molecule has 31 heavy (non-hydrogen) atoms. The Hall–Kier alpha value is -1.39. The van der Waals surface area contributed by atoms with Crippen molar-refractivity contribution < 1.29 is 9.53 Å². The van der Waals surface area contributed by atoms with Crippen LogP contribution in [0, 0.1) is 11.8 Å². The Balaban J connectivity index is 2.21. The molecule has 0 aliphatic heterocycles. The number of ether oxygens (including phenoxy) is 1. The zero-order valence-corrected chi connectivity index (χ0v) is 21.3. The second kappa shape index (κ2) is 10.0. The van der Waals surface area contributed by atoms with Crippen LogP contribution >= 0.6 is 0 Å². The molecule has 2 N–H and O–H groups in total. The first-order valence-corrected chi connectivity index (χ1v) is 12.0. The molecule has 4 nitrogen and oxygen atoms in total. The molecule has 2 rings (SSSR count). The van der Waals surface area contributed by atoms with Gasteiger partial charge >= 0.3 is 5.97 Å². The van der Waals surface area contributed by atoms with Gasteiger partial charge in [0.2, 0.25) is 0 Å². The lowest BCUT2D eigenvalue weighted by Gasteiger charge is -2.44. The molecule has 0 unspecified atom stereocenters. The minimum absolute atomic E-state index is 0.0526. The molecule has 4 atom stereocenters. The highest BCUT2D eigenvalue weighted by Crippen LogP contribution is 2.43. The summed E-state index contributed by atoms with van der Waals surface area (Å²) in [5.74, 6) is 0.739. The van der Waals surface area contributed by atoms with E-state index in [1.54, 1.807) is 0 Å². The molecule has 1 aromatic rings. The molecule has 1 saturated carbocycles. The van der Waals surface area contributed by atoms with E-state index in [2.05, 4.69) is 103 Å². The molecule has 176 valence electrons. The van der Waals surface area contributed by atoms with Crippen LogP contribution in [0.15, 0.2) is 30.3 Å².